The minimum Gasteiger partial charge on any atom is -0.362 e. The Bertz CT molecular complexity index is 346. The van der Waals surface area contributed by atoms with E-state index < -0.39 is 0 Å². The normalized spacial score (nSPS) is 11.6. The van der Waals surface area contributed by atoms with Crippen molar-refractivity contribution < 1.29 is 0 Å². The first-order valence-corrected chi connectivity index (χ1v) is 6.95. The van der Waals surface area contributed by atoms with E-state index in [1.165, 1.54) is 0 Å². The molecule has 1 aromatic rings. The first-order chi connectivity index (χ1) is 7.56. The van der Waals surface area contributed by atoms with Gasteiger partial charge in [-0.3, -0.25) is 0 Å². The van der Waals surface area contributed by atoms with Crippen molar-refractivity contribution in [2.45, 2.75) is 25.8 Å². The average molecular weight is 326 g/mol. The summed E-state index contributed by atoms with van der Waals surface area (Å²) in [6, 6.07) is 2.01. The molecule has 0 radical (unpaired) electrons. The fraction of sp³-hybridized carbons (Fsp3) is 0.545. The number of hydrogen-bond donors (Lipinski definition) is 1. The lowest BCUT2D eigenvalue weighted by molar-refractivity contribution is 0.557. The van der Waals surface area contributed by atoms with Gasteiger partial charge >= 0.3 is 0 Å². The fourth-order valence-corrected chi connectivity index (χ4v) is 2.55. The second-order valence-corrected chi connectivity index (χ2v) is 5.30. The number of nitrogens with zero attached hydrogens (tertiary/aromatic N) is 1. The lowest BCUT2D eigenvalue weighted by atomic mass is 10.0. The third-order valence-corrected chi connectivity index (χ3v) is 4.07. The Kier molecular flexibility index (Phi) is 5.35. The Hall–Kier alpha value is 0.01000. The molecule has 2 nitrogen and oxygen atoms in total. The number of hydrogen-bond acceptors (Lipinski definition) is 2. The standard InChI is InChI=1S/C11H15BrCl2N2/c1-3-11(6-13,7-14)16-10-8(2)4-9(12)5-15-10/h4-5H,3,6-7H2,1-2H3,(H,15,16). The Balaban J connectivity index is 2.93. The molecule has 5 heteroatoms. The smallest absolute Gasteiger partial charge is 0.129 e. The lowest BCUT2D eigenvalue weighted by Gasteiger charge is -2.30. The maximum Gasteiger partial charge on any atom is 0.129 e. The summed E-state index contributed by atoms with van der Waals surface area (Å²) in [4.78, 5) is 4.33. The minimum atomic E-state index is -0.283. The van der Waals surface area contributed by atoms with E-state index in [0.717, 1.165) is 22.3 Å². The van der Waals surface area contributed by atoms with Gasteiger partial charge in [0.2, 0.25) is 0 Å². The third kappa shape index (κ3) is 3.25. The molecule has 1 N–H and O–H groups in total. The highest BCUT2D eigenvalue weighted by Crippen LogP contribution is 2.24. The van der Waals surface area contributed by atoms with Crippen molar-refractivity contribution in [1.29, 1.82) is 0 Å². The number of aromatic nitrogens is 1. The van der Waals surface area contributed by atoms with Crippen molar-refractivity contribution in [1.82, 2.24) is 4.98 Å². The summed E-state index contributed by atoms with van der Waals surface area (Å²) in [5.74, 6) is 1.76. The zero-order valence-corrected chi connectivity index (χ0v) is 12.5. The summed E-state index contributed by atoms with van der Waals surface area (Å²) in [6.45, 7) is 4.06. The van der Waals surface area contributed by atoms with Gasteiger partial charge in [0.1, 0.15) is 5.82 Å². The van der Waals surface area contributed by atoms with Crippen LogP contribution in [0.5, 0.6) is 0 Å². The summed E-state index contributed by atoms with van der Waals surface area (Å²) in [5.41, 5.74) is 0.789. The predicted octanol–water partition coefficient (Wildman–Crippen LogP) is 4.19. The maximum atomic E-state index is 5.97. The molecule has 0 aliphatic carbocycles. The Labute approximate surface area is 115 Å². The van der Waals surface area contributed by atoms with E-state index in [1.807, 2.05) is 13.0 Å². The van der Waals surface area contributed by atoms with E-state index in [4.69, 9.17) is 23.2 Å². The highest BCUT2D eigenvalue weighted by molar-refractivity contribution is 9.10. The molecule has 0 aliphatic heterocycles. The molecule has 90 valence electrons. The molecule has 1 heterocycles. The van der Waals surface area contributed by atoms with Crippen LogP contribution in [0, 0.1) is 6.92 Å². The van der Waals surface area contributed by atoms with E-state index in [9.17, 15) is 0 Å². The quantitative estimate of drug-likeness (QED) is 0.821. The molecule has 0 aromatic carbocycles. The van der Waals surface area contributed by atoms with Crippen LogP contribution in [0.25, 0.3) is 0 Å². The van der Waals surface area contributed by atoms with E-state index in [0.29, 0.717) is 11.8 Å². The molecular formula is C11H15BrCl2N2. The lowest BCUT2D eigenvalue weighted by Crippen LogP contribution is -2.42. The molecular weight excluding hydrogens is 311 g/mol. The predicted molar refractivity (Wildman–Crippen MR) is 74.8 cm³/mol. The Morgan fingerprint density at radius 1 is 1.44 bits per heavy atom. The highest BCUT2D eigenvalue weighted by Gasteiger charge is 2.26. The summed E-state index contributed by atoms with van der Waals surface area (Å²) in [7, 11) is 0. The van der Waals surface area contributed by atoms with Crippen molar-refractivity contribution in [3.63, 3.8) is 0 Å². The van der Waals surface area contributed by atoms with Gasteiger partial charge in [0.25, 0.3) is 0 Å². The van der Waals surface area contributed by atoms with Crippen LogP contribution in [-0.2, 0) is 0 Å². The molecule has 0 aliphatic rings. The van der Waals surface area contributed by atoms with Gasteiger partial charge in [0.15, 0.2) is 0 Å². The molecule has 0 fully saturated rings. The van der Waals surface area contributed by atoms with Crippen molar-refractivity contribution in [2.75, 3.05) is 17.1 Å². The maximum absolute atomic E-state index is 5.97. The van der Waals surface area contributed by atoms with E-state index in [-0.39, 0.29) is 5.54 Å². The number of nitrogens with one attached hydrogen (secondary N) is 1. The number of halogens is 3. The number of alkyl halides is 2. The molecule has 0 spiro atoms. The molecule has 0 saturated carbocycles. The van der Waals surface area contributed by atoms with Gasteiger partial charge in [0, 0.05) is 22.4 Å². The zero-order valence-electron chi connectivity index (χ0n) is 9.36. The largest absolute Gasteiger partial charge is 0.362 e. The van der Waals surface area contributed by atoms with Crippen LogP contribution in [0.4, 0.5) is 5.82 Å². The van der Waals surface area contributed by atoms with Crippen molar-refractivity contribution >= 4 is 44.9 Å². The van der Waals surface area contributed by atoms with Crippen LogP contribution in [0.1, 0.15) is 18.9 Å². The molecule has 0 atom stereocenters. The van der Waals surface area contributed by atoms with Crippen LogP contribution in [0.2, 0.25) is 0 Å². The van der Waals surface area contributed by atoms with Gasteiger partial charge in [0.05, 0.1) is 5.54 Å². The van der Waals surface area contributed by atoms with Gasteiger partial charge in [-0.2, -0.15) is 0 Å². The molecule has 0 amide bonds. The van der Waals surface area contributed by atoms with Crippen molar-refractivity contribution in [3.8, 4) is 0 Å². The number of rotatable bonds is 5. The molecule has 16 heavy (non-hydrogen) atoms. The topological polar surface area (TPSA) is 24.9 Å². The summed E-state index contributed by atoms with van der Waals surface area (Å²) in [6.07, 6.45) is 2.62. The van der Waals surface area contributed by atoms with Crippen LogP contribution in [0.3, 0.4) is 0 Å². The number of anilines is 1. The van der Waals surface area contributed by atoms with E-state index >= 15 is 0 Å². The number of aryl methyl sites for hydroxylation is 1. The first kappa shape index (κ1) is 14.1. The van der Waals surface area contributed by atoms with Gasteiger partial charge in [-0.05, 0) is 40.9 Å². The summed E-state index contributed by atoms with van der Waals surface area (Å²) >= 11 is 15.3. The van der Waals surface area contributed by atoms with Crippen LogP contribution in [0.15, 0.2) is 16.7 Å². The molecule has 1 aromatic heterocycles. The zero-order chi connectivity index (χ0) is 12.2. The Morgan fingerprint density at radius 3 is 2.50 bits per heavy atom. The van der Waals surface area contributed by atoms with Gasteiger partial charge in [-0.15, -0.1) is 23.2 Å². The molecule has 0 bridgehead atoms. The second-order valence-electron chi connectivity index (χ2n) is 3.85. The monoisotopic (exact) mass is 324 g/mol. The number of pyridine rings is 1. The van der Waals surface area contributed by atoms with E-state index in [2.05, 4.69) is 33.2 Å². The van der Waals surface area contributed by atoms with E-state index in [1.54, 1.807) is 6.20 Å². The fourth-order valence-electron chi connectivity index (χ4n) is 1.30. The van der Waals surface area contributed by atoms with Crippen molar-refractivity contribution in [2.24, 2.45) is 0 Å². The molecule has 0 unspecified atom stereocenters. The Morgan fingerprint density at radius 2 is 2.06 bits per heavy atom. The van der Waals surface area contributed by atoms with Crippen LogP contribution >= 0.6 is 39.1 Å². The summed E-state index contributed by atoms with van der Waals surface area (Å²) in [5, 5.41) is 3.34. The highest BCUT2D eigenvalue weighted by atomic mass is 79.9. The first-order valence-electron chi connectivity index (χ1n) is 5.09. The van der Waals surface area contributed by atoms with Gasteiger partial charge in [-0.25, -0.2) is 4.98 Å². The molecule has 0 saturated heterocycles. The van der Waals surface area contributed by atoms with Crippen molar-refractivity contribution in [3.05, 3.63) is 22.3 Å². The minimum absolute atomic E-state index is 0.283. The van der Waals surface area contributed by atoms with Crippen LogP contribution < -0.4 is 5.32 Å². The second kappa shape index (κ2) is 6.08. The average Bonchev–Trinajstić information content (AvgIpc) is 2.29. The van der Waals surface area contributed by atoms with Gasteiger partial charge in [-0.1, -0.05) is 6.92 Å². The van der Waals surface area contributed by atoms with Crippen LogP contribution in [-0.4, -0.2) is 22.3 Å². The summed E-state index contributed by atoms with van der Waals surface area (Å²) < 4.78 is 0.967. The SMILES string of the molecule is CCC(CCl)(CCl)Nc1ncc(Br)cc1C. The third-order valence-electron chi connectivity index (χ3n) is 2.62. The van der Waals surface area contributed by atoms with Gasteiger partial charge < -0.3 is 5.32 Å². The molecule has 1 rings (SSSR count).